The summed E-state index contributed by atoms with van der Waals surface area (Å²) in [4.78, 5) is 28.4. The molecule has 0 saturated heterocycles. The number of aromatic nitrogens is 3. The van der Waals surface area contributed by atoms with Crippen molar-refractivity contribution in [1.29, 1.82) is 0 Å². The van der Waals surface area contributed by atoms with Gasteiger partial charge in [0.1, 0.15) is 5.60 Å². The Hall–Kier alpha value is -4.47. The summed E-state index contributed by atoms with van der Waals surface area (Å²) in [5.74, 6) is -3.52. The van der Waals surface area contributed by atoms with E-state index in [1.165, 1.54) is 39.0 Å². The van der Waals surface area contributed by atoms with E-state index in [1.54, 1.807) is 18.2 Å². The van der Waals surface area contributed by atoms with Crippen molar-refractivity contribution in [3.63, 3.8) is 0 Å². The fourth-order valence-electron chi connectivity index (χ4n) is 3.81. The molecule has 3 aromatic rings. The van der Waals surface area contributed by atoms with E-state index < -0.39 is 83.1 Å². The number of anilines is 1. The number of esters is 1. The number of nitrogens with zero attached hydrogens (tertiary/aromatic N) is 3. The Balaban J connectivity index is 2.23. The Bertz CT molecular complexity index is 1480. The van der Waals surface area contributed by atoms with Crippen molar-refractivity contribution in [1.82, 2.24) is 15.2 Å². The SMILES string of the molecule is C=CCCC(OCc1ccccc1)(c1nnc(-c2nc(C(=O)OC)c(C(F)(F)F)cc2NC(=O)OC(C)(C)C)o1)C(F)(F)F. The van der Waals surface area contributed by atoms with Crippen LogP contribution in [0.15, 0.2) is 53.5 Å². The van der Waals surface area contributed by atoms with Crippen LogP contribution in [-0.2, 0) is 32.6 Å². The maximum absolute atomic E-state index is 14.7. The van der Waals surface area contributed by atoms with E-state index in [4.69, 9.17) is 13.9 Å². The number of carbonyl (C=O) groups is 2. The summed E-state index contributed by atoms with van der Waals surface area (Å²) in [5, 5.41) is 9.15. The highest BCUT2D eigenvalue weighted by Gasteiger charge is 2.61. The fraction of sp³-hybridized carbons (Fsp3) is 0.393. The van der Waals surface area contributed by atoms with Crippen LogP contribution in [0, 0.1) is 0 Å². The van der Waals surface area contributed by atoms with Crippen molar-refractivity contribution in [2.24, 2.45) is 0 Å². The standard InChI is InChI=1S/C28H28F6N4O6/c1-6-7-13-26(28(32,33)34,42-15-16-11-9-8-10-12-16)23-38-37-21(43-23)20-18(35-24(40)44-25(2,3)4)14-17(27(29,30)31)19(36-20)22(39)41-5/h6,8-12,14H,1,7,13,15H2,2-5H3,(H,35,40). The Morgan fingerprint density at radius 3 is 2.25 bits per heavy atom. The summed E-state index contributed by atoms with van der Waals surface area (Å²) in [6.07, 6.45) is -11.3. The molecule has 0 aliphatic rings. The second kappa shape index (κ2) is 13.0. The minimum absolute atomic E-state index is 0.220. The predicted molar refractivity (Wildman–Crippen MR) is 142 cm³/mol. The lowest BCUT2D eigenvalue weighted by Gasteiger charge is -2.32. The molecule has 0 spiro atoms. The first kappa shape index (κ1) is 34.0. The number of halogens is 6. The fourth-order valence-corrected chi connectivity index (χ4v) is 3.81. The number of nitrogens with one attached hydrogen (secondary N) is 1. The second-order valence-corrected chi connectivity index (χ2v) is 10.2. The van der Waals surface area contributed by atoms with Gasteiger partial charge in [-0.15, -0.1) is 16.8 Å². The van der Waals surface area contributed by atoms with Gasteiger partial charge in [0.05, 0.1) is 25.0 Å². The lowest BCUT2D eigenvalue weighted by molar-refractivity contribution is -0.299. The van der Waals surface area contributed by atoms with Gasteiger partial charge < -0.3 is 18.6 Å². The lowest BCUT2D eigenvalue weighted by Crippen LogP contribution is -2.45. The highest BCUT2D eigenvalue weighted by Crippen LogP contribution is 2.47. The van der Waals surface area contributed by atoms with Crippen LogP contribution in [0.4, 0.5) is 36.8 Å². The van der Waals surface area contributed by atoms with Crippen LogP contribution in [0.2, 0.25) is 0 Å². The molecule has 1 N–H and O–H groups in total. The van der Waals surface area contributed by atoms with Crippen molar-refractivity contribution in [2.75, 3.05) is 12.4 Å². The maximum Gasteiger partial charge on any atom is 0.426 e. The number of carbonyl (C=O) groups excluding carboxylic acids is 2. The van der Waals surface area contributed by atoms with Gasteiger partial charge in [0.25, 0.3) is 11.8 Å². The van der Waals surface area contributed by atoms with Gasteiger partial charge >= 0.3 is 24.4 Å². The normalized spacial score (nSPS) is 13.6. The Morgan fingerprint density at radius 2 is 1.70 bits per heavy atom. The topological polar surface area (TPSA) is 126 Å². The van der Waals surface area contributed by atoms with Crippen LogP contribution >= 0.6 is 0 Å². The van der Waals surface area contributed by atoms with E-state index in [0.717, 1.165) is 7.11 Å². The number of amides is 1. The average molecular weight is 631 g/mol. The summed E-state index contributed by atoms with van der Waals surface area (Å²) >= 11 is 0. The summed E-state index contributed by atoms with van der Waals surface area (Å²) in [5.41, 5.74) is -8.34. The predicted octanol–water partition coefficient (Wildman–Crippen LogP) is 7.22. The number of pyridine rings is 1. The molecule has 0 saturated carbocycles. The molecule has 1 amide bonds. The number of benzene rings is 1. The highest BCUT2D eigenvalue weighted by atomic mass is 19.4. The minimum Gasteiger partial charge on any atom is -0.464 e. The summed E-state index contributed by atoms with van der Waals surface area (Å²) in [7, 11) is 0.795. The molecule has 238 valence electrons. The maximum atomic E-state index is 14.7. The largest absolute Gasteiger partial charge is 0.464 e. The number of alkyl halides is 6. The van der Waals surface area contributed by atoms with Gasteiger partial charge in [0.15, 0.2) is 11.4 Å². The Labute approximate surface area is 247 Å². The van der Waals surface area contributed by atoms with E-state index in [-0.39, 0.29) is 6.42 Å². The monoisotopic (exact) mass is 630 g/mol. The van der Waals surface area contributed by atoms with Crippen LogP contribution in [0.3, 0.4) is 0 Å². The quantitative estimate of drug-likeness (QED) is 0.140. The molecule has 3 rings (SSSR count). The molecule has 0 radical (unpaired) electrons. The van der Waals surface area contributed by atoms with Crippen molar-refractivity contribution in [3.8, 4) is 11.6 Å². The van der Waals surface area contributed by atoms with E-state index >= 15 is 0 Å². The zero-order valence-corrected chi connectivity index (χ0v) is 23.9. The van der Waals surface area contributed by atoms with E-state index in [9.17, 15) is 35.9 Å². The first-order valence-electron chi connectivity index (χ1n) is 12.8. The van der Waals surface area contributed by atoms with Crippen molar-refractivity contribution < 1.29 is 54.6 Å². The van der Waals surface area contributed by atoms with Crippen molar-refractivity contribution in [3.05, 3.63) is 71.8 Å². The van der Waals surface area contributed by atoms with Gasteiger partial charge in [0.2, 0.25) is 5.60 Å². The number of allylic oxidation sites excluding steroid dienone is 1. The molecule has 0 aliphatic carbocycles. The number of hydrogen-bond acceptors (Lipinski definition) is 9. The van der Waals surface area contributed by atoms with Gasteiger partial charge in [-0.1, -0.05) is 36.4 Å². The molecule has 2 aromatic heterocycles. The highest BCUT2D eigenvalue weighted by molar-refractivity contribution is 5.94. The third kappa shape index (κ3) is 7.92. The summed E-state index contributed by atoms with van der Waals surface area (Å²) < 4.78 is 106. The van der Waals surface area contributed by atoms with E-state index in [0.29, 0.717) is 11.6 Å². The van der Waals surface area contributed by atoms with Gasteiger partial charge in [-0.25, -0.2) is 14.6 Å². The van der Waals surface area contributed by atoms with Crippen LogP contribution < -0.4 is 5.32 Å². The lowest BCUT2D eigenvalue weighted by atomic mass is 9.96. The van der Waals surface area contributed by atoms with Gasteiger partial charge in [-0.3, -0.25) is 5.32 Å². The average Bonchev–Trinajstić information content (AvgIpc) is 3.41. The molecule has 0 bridgehead atoms. The molecule has 0 aliphatic heterocycles. The first-order valence-corrected chi connectivity index (χ1v) is 12.8. The van der Waals surface area contributed by atoms with Crippen LogP contribution in [0.1, 0.15) is 61.1 Å². The summed E-state index contributed by atoms with van der Waals surface area (Å²) in [6.45, 7) is 7.35. The van der Waals surface area contributed by atoms with Crippen molar-refractivity contribution >= 4 is 17.7 Å². The number of rotatable bonds is 10. The molecule has 10 nitrogen and oxygen atoms in total. The molecule has 0 fully saturated rings. The van der Waals surface area contributed by atoms with Gasteiger partial charge in [-0.05, 0) is 45.2 Å². The van der Waals surface area contributed by atoms with E-state index in [2.05, 4.69) is 31.8 Å². The Morgan fingerprint density at radius 1 is 1.05 bits per heavy atom. The van der Waals surface area contributed by atoms with Gasteiger partial charge in [-0.2, -0.15) is 26.3 Å². The molecular formula is C28H28F6N4O6. The second-order valence-electron chi connectivity index (χ2n) is 10.2. The molecule has 16 heteroatoms. The molecular weight excluding hydrogens is 602 g/mol. The smallest absolute Gasteiger partial charge is 0.426 e. The number of ether oxygens (including phenoxy) is 3. The molecule has 2 heterocycles. The number of methoxy groups -OCH3 is 1. The molecule has 1 atom stereocenters. The van der Waals surface area contributed by atoms with E-state index in [1.807, 2.05) is 0 Å². The van der Waals surface area contributed by atoms with Gasteiger partial charge in [0, 0.05) is 0 Å². The molecule has 44 heavy (non-hydrogen) atoms. The zero-order chi connectivity index (χ0) is 32.9. The third-order valence-electron chi connectivity index (χ3n) is 5.80. The Kier molecular flexibility index (Phi) is 10.1. The van der Waals surface area contributed by atoms with Crippen molar-refractivity contribution in [2.45, 2.75) is 63.8 Å². The first-order chi connectivity index (χ1) is 20.4. The van der Waals surface area contributed by atoms with Crippen LogP contribution in [0.5, 0.6) is 0 Å². The minimum atomic E-state index is -5.18. The van der Waals surface area contributed by atoms with Crippen LogP contribution in [-0.4, -0.2) is 46.1 Å². The summed E-state index contributed by atoms with van der Waals surface area (Å²) in [6, 6.07) is 8.23. The zero-order valence-electron chi connectivity index (χ0n) is 23.9. The molecule has 1 aromatic carbocycles. The number of hydrogen-bond donors (Lipinski definition) is 1. The molecule has 1 unspecified atom stereocenters. The third-order valence-corrected chi connectivity index (χ3v) is 5.80. The van der Waals surface area contributed by atoms with Crippen LogP contribution in [0.25, 0.3) is 11.6 Å².